The van der Waals surface area contributed by atoms with Crippen LogP contribution in [0.2, 0.25) is 0 Å². The SMILES string of the molecule is COc1cc(Br)cc(NC(=O)c2cc(S)cs2)c1. The van der Waals surface area contributed by atoms with E-state index in [0.717, 1.165) is 9.37 Å². The Kier molecular flexibility index (Phi) is 4.31. The molecule has 0 fully saturated rings. The second kappa shape index (κ2) is 5.77. The lowest BCUT2D eigenvalue weighted by molar-refractivity contribution is 0.103. The van der Waals surface area contributed by atoms with Gasteiger partial charge in [-0.25, -0.2) is 0 Å². The van der Waals surface area contributed by atoms with Gasteiger partial charge < -0.3 is 10.1 Å². The summed E-state index contributed by atoms with van der Waals surface area (Å²) in [6, 6.07) is 7.14. The fourth-order valence-corrected chi connectivity index (χ4v) is 2.91. The first-order valence-electron chi connectivity index (χ1n) is 5.02. The van der Waals surface area contributed by atoms with E-state index in [1.165, 1.54) is 11.3 Å². The molecule has 0 spiro atoms. The molecule has 3 nitrogen and oxygen atoms in total. The molecule has 0 unspecified atom stereocenters. The number of hydrogen-bond donors (Lipinski definition) is 2. The number of anilines is 1. The van der Waals surface area contributed by atoms with Crippen LogP contribution in [0.1, 0.15) is 9.67 Å². The van der Waals surface area contributed by atoms with E-state index < -0.39 is 0 Å². The van der Waals surface area contributed by atoms with Crippen LogP contribution in [0.25, 0.3) is 0 Å². The fraction of sp³-hybridized carbons (Fsp3) is 0.0833. The van der Waals surface area contributed by atoms with E-state index >= 15 is 0 Å². The van der Waals surface area contributed by atoms with Crippen LogP contribution < -0.4 is 10.1 Å². The van der Waals surface area contributed by atoms with Gasteiger partial charge in [0.05, 0.1) is 12.0 Å². The smallest absolute Gasteiger partial charge is 0.265 e. The van der Waals surface area contributed by atoms with Crippen LogP contribution >= 0.6 is 39.9 Å². The van der Waals surface area contributed by atoms with Gasteiger partial charge in [-0.2, -0.15) is 0 Å². The molecule has 0 radical (unpaired) electrons. The van der Waals surface area contributed by atoms with Gasteiger partial charge in [0.15, 0.2) is 0 Å². The highest BCUT2D eigenvalue weighted by Gasteiger charge is 2.09. The molecule has 0 saturated carbocycles. The van der Waals surface area contributed by atoms with Crippen LogP contribution in [0.3, 0.4) is 0 Å². The van der Waals surface area contributed by atoms with E-state index in [2.05, 4.69) is 33.9 Å². The molecular weight excluding hydrogens is 334 g/mol. The summed E-state index contributed by atoms with van der Waals surface area (Å²) in [6.45, 7) is 0. The molecule has 0 saturated heterocycles. The number of carbonyl (C=O) groups excluding carboxylic acids is 1. The molecule has 18 heavy (non-hydrogen) atoms. The first kappa shape index (κ1) is 13.5. The van der Waals surface area contributed by atoms with Crippen molar-refractivity contribution in [3.05, 3.63) is 39.0 Å². The molecule has 0 aliphatic rings. The van der Waals surface area contributed by atoms with E-state index in [-0.39, 0.29) is 5.91 Å². The quantitative estimate of drug-likeness (QED) is 0.824. The molecule has 2 aromatic rings. The number of amides is 1. The van der Waals surface area contributed by atoms with Crippen LogP contribution in [0, 0.1) is 0 Å². The third kappa shape index (κ3) is 3.28. The lowest BCUT2D eigenvalue weighted by Crippen LogP contribution is -2.10. The van der Waals surface area contributed by atoms with Gasteiger partial charge in [0.25, 0.3) is 5.91 Å². The highest BCUT2D eigenvalue weighted by atomic mass is 79.9. The lowest BCUT2D eigenvalue weighted by atomic mass is 10.3. The Labute approximate surface area is 123 Å². The summed E-state index contributed by atoms with van der Waals surface area (Å²) >= 11 is 8.90. The van der Waals surface area contributed by atoms with E-state index in [4.69, 9.17) is 4.74 Å². The minimum Gasteiger partial charge on any atom is -0.497 e. The first-order valence-corrected chi connectivity index (χ1v) is 7.14. The number of methoxy groups -OCH3 is 1. The molecule has 6 heteroatoms. The third-order valence-corrected chi connectivity index (χ3v) is 3.99. The molecule has 2 rings (SSSR count). The van der Waals surface area contributed by atoms with Gasteiger partial charge in [0.1, 0.15) is 5.75 Å². The summed E-state index contributed by atoms with van der Waals surface area (Å²) in [7, 11) is 1.58. The topological polar surface area (TPSA) is 38.3 Å². The van der Waals surface area contributed by atoms with E-state index in [0.29, 0.717) is 16.3 Å². The summed E-state index contributed by atoms with van der Waals surface area (Å²) in [5.74, 6) is 0.529. The zero-order valence-electron chi connectivity index (χ0n) is 9.44. The number of carbonyl (C=O) groups is 1. The first-order chi connectivity index (χ1) is 8.58. The van der Waals surface area contributed by atoms with Crippen molar-refractivity contribution in [2.75, 3.05) is 12.4 Å². The van der Waals surface area contributed by atoms with Crippen molar-refractivity contribution in [3.63, 3.8) is 0 Å². The summed E-state index contributed by atoms with van der Waals surface area (Å²) in [5.41, 5.74) is 0.681. The molecule has 0 aliphatic heterocycles. The zero-order chi connectivity index (χ0) is 13.1. The minimum atomic E-state index is -0.152. The number of thiophene rings is 1. The number of thiol groups is 1. The normalized spacial score (nSPS) is 10.2. The predicted molar refractivity (Wildman–Crippen MR) is 80.2 cm³/mol. The molecule has 1 heterocycles. The monoisotopic (exact) mass is 343 g/mol. The molecule has 94 valence electrons. The summed E-state index contributed by atoms with van der Waals surface area (Å²) in [5, 5.41) is 4.63. The van der Waals surface area contributed by atoms with Gasteiger partial charge in [-0.05, 0) is 18.2 Å². The van der Waals surface area contributed by atoms with E-state index in [1.807, 2.05) is 17.5 Å². The van der Waals surface area contributed by atoms with Crippen molar-refractivity contribution in [3.8, 4) is 5.75 Å². The second-order valence-electron chi connectivity index (χ2n) is 3.50. The average molecular weight is 344 g/mol. The standard InChI is InChI=1S/C12H10BrNO2S2/c1-16-9-3-7(13)2-8(4-9)14-12(15)11-5-10(17)6-18-11/h2-6,17H,1H3,(H,14,15). The van der Waals surface area contributed by atoms with Crippen molar-refractivity contribution < 1.29 is 9.53 Å². The number of rotatable bonds is 3. The minimum absolute atomic E-state index is 0.152. The van der Waals surface area contributed by atoms with Crippen LogP contribution in [0.15, 0.2) is 39.0 Å². The van der Waals surface area contributed by atoms with Gasteiger partial charge in [-0.15, -0.1) is 24.0 Å². The molecule has 1 amide bonds. The van der Waals surface area contributed by atoms with Crippen LogP contribution in [0.5, 0.6) is 5.75 Å². The Bertz CT molecular complexity index is 583. The van der Waals surface area contributed by atoms with Crippen molar-refractivity contribution in [1.29, 1.82) is 0 Å². The molecule has 1 aromatic carbocycles. The Morgan fingerprint density at radius 2 is 2.17 bits per heavy atom. The summed E-state index contributed by atoms with van der Waals surface area (Å²) in [4.78, 5) is 13.4. The Morgan fingerprint density at radius 1 is 1.39 bits per heavy atom. The molecule has 1 aromatic heterocycles. The third-order valence-electron chi connectivity index (χ3n) is 2.17. The summed E-state index contributed by atoms with van der Waals surface area (Å²) < 4.78 is 5.98. The van der Waals surface area contributed by atoms with Gasteiger partial charge in [0, 0.05) is 26.5 Å². The van der Waals surface area contributed by atoms with Crippen LogP contribution in [-0.2, 0) is 0 Å². The number of hydrogen-bond acceptors (Lipinski definition) is 4. The van der Waals surface area contributed by atoms with Gasteiger partial charge in [-0.1, -0.05) is 15.9 Å². The Morgan fingerprint density at radius 3 is 2.78 bits per heavy atom. The average Bonchev–Trinajstić information content (AvgIpc) is 2.75. The molecule has 0 aliphatic carbocycles. The maximum absolute atomic E-state index is 11.9. The van der Waals surface area contributed by atoms with E-state index in [1.54, 1.807) is 19.2 Å². The maximum Gasteiger partial charge on any atom is 0.265 e. The number of benzene rings is 1. The lowest BCUT2D eigenvalue weighted by Gasteiger charge is -2.07. The molecular formula is C12H10BrNO2S2. The number of halogens is 1. The largest absolute Gasteiger partial charge is 0.497 e. The molecule has 0 bridgehead atoms. The Hall–Kier alpha value is -0.980. The molecule has 1 N–H and O–H groups in total. The van der Waals surface area contributed by atoms with Crippen molar-refractivity contribution in [2.45, 2.75) is 4.90 Å². The van der Waals surface area contributed by atoms with Gasteiger partial charge in [0.2, 0.25) is 0 Å². The number of ether oxygens (including phenoxy) is 1. The maximum atomic E-state index is 11.9. The van der Waals surface area contributed by atoms with Crippen LogP contribution in [0.4, 0.5) is 5.69 Å². The predicted octanol–water partition coefficient (Wildman–Crippen LogP) is 4.06. The van der Waals surface area contributed by atoms with Crippen molar-refractivity contribution in [2.24, 2.45) is 0 Å². The zero-order valence-corrected chi connectivity index (χ0v) is 12.7. The fourth-order valence-electron chi connectivity index (χ4n) is 1.39. The van der Waals surface area contributed by atoms with Crippen LogP contribution in [-0.4, -0.2) is 13.0 Å². The highest BCUT2D eigenvalue weighted by Crippen LogP contribution is 2.25. The van der Waals surface area contributed by atoms with Crippen molar-refractivity contribution >= 4 is 51.5 Å². The van der Waals surface area contributed by atoms with Gasteiger partial charge >= 0.3 is 0 Å². The van der Waals surface area contributed by atoms with Crippen molar-refractivity contribution in [1.82, 2.24) is 0 Å². The van der Waals surface area contributed by atoms with E-state index in [9.17, 15) is 4.79 Å². The number of nitrogens with one attached hydrogen (secondary N) is 1. The molecule has 0 atom stereocenters. The Balaban J connectivity index is 2.18. The highest BCUT2D eigenvalue weighted by molar-refractivity contribution is 9.10. The second-order valence-corrected chi connectivity index (χ2v) is 5.85. The summed E-state index contributed by atoms with van der Waals surface area (Å²) in [6.07, 6.45) is 0. The van der Waals surface area contributed by atoms with Gasteiger partial charge in [-0.3, -0.25) is 4.79 Å².